The molecule has 0 unspecified atom stereocenters. The van der Waals surface area contributed by atoms with E-state index in [1.54, 1.807) is 7.05 Å². The number of esters is 1. The topological polar surface area (TPSA) is 117 Å². The van der Waals surface area contributed by atoms with E-state index in [0.717, 1.165) is 0 Å². The fraction of sp³-hybridized carbons (Fsp3) is 0.400. The number of hydrogen-bond donors (Lipinski definition) is 1. The molecule has 2 aromatic heterocycles. The van der Waals surface area contributed by atoms with Gasteiger partial charge in [-0.3, -0.25) is 0 Å². The van der Waals surface area contributed by atoms with Gasteiger partial charge < -0.3 is 14.8 Å². The second kappa shape index (κ2) is 5.91. The highest BCUT2D eigenvalue weighted by molar-refractivity contribution is 5.84. The molecule has 0 aliphatic carbocycles. The molecule has 10 nitrogen and oxygen atoms in total. The van der Waals surface area contributed by atoms with Gasteiger partial charge in [0.15, 0.2) is 0 Å². The summed E-state index contributed by atoms with van der Waals surface area (Å²) in [7, 11) is 2.91. The predicted octanol–water partition coefficient (Wildman–Crippen LogP) is -0.321. The van der Waals surface area contributed by atoms with Crippen LogP contribution in [0.4, 0.5) is 5.95 Å². The van der Waals surface area contributed by atoms with Gasteiger partial charge in [0.1, 0.15) is 6.33 Å². The van der Waals surface area contributed by atoms with E-state index in [1.807, 2.05) is 6.92 Å². The fourth-order valence-corrected chi connectivity index (χ4v) is 1.30. The van der Waals surface area contributed by atoms with Crippen molar-refractivity contribution in [3.63, 3.8) is 0 Å². The van der Waals surface area contributed by atoms with Crippen LogP contribution in [-0.2, 0) is 4.74 Å². The number of anilines is 1. The molecule has 20 heavy (non-hydrogen) atoms. The van der Waals surface area contributed by atoms with Gasteiger partial charge in [-0.25, -0.2) is 9.78 Å². The maximum atomic E-state index is 11.3. The van der Waals surface area contributed by atoms with Crippen molar-refractivity contribution in [1.29, 1.82) is 0 Å². The van der Waals surface area contributed by atoms with Gasteiger partial charge in [-0.05, 0) is 6.92 Å². The molecule has 1 N–H and O–H groups in total. The first-order valence-corrected chi connectivity index (χ1v) is 5.75. The number of methoxy groups -OCH3 is 1. The van der Waals surface area contributed by atoms with Crippen LogP contribution in [-0.4, -0.2) is 56.5 Å². The minimum absolute atomic E-state index is 0.0862. The number of rotatable bonds is 5. The van der Waals surface area contributed by atoms with Crippen LogP contribution in [0, 0.1) is 0 Å². The fourth-order valence-electron chi connectivity index (χ4n) is 1.30. The minimum Gasteiger partial charge on any atom is -0.464 e. The van der Waals surface area contributed by atoms with Crippen LogP contribution in [0.25, 0.3) is 5.95 Å². The number of ether oxygens (including phenoxy) is 2. The number of nitrogens with one attached hydrogen (secondary N) is 1. The van der Waals surface area contributed by atoms with Crippen LogP contribution in [0.3, 0.4) is 0 Å². The van der Waals surface area contributed by atoms with Gasteiger partial charge in [0, 0.05) is 7.05 Å². The first-order valence-electron chi connectivity index (χ1n) is 5.75. The van der Waals surface area contributed by atoms with Crippen LogP contribution < -0.4 is 10.1 Å². The maximum Gasteiger partial charge on any atom is 0.377 e. The third kappa shape index (κ3) is 2.79. The van der Waals surface area contributed by atoms with E-state index in [-0.39, 0.29) is 17.8 Å². The molecule has 0 aromatic carbocycles. The molecule has 0 saturated heterocycles. The van der Waals surface area contributed by atoms with Crippen molar-refractivity contribution in [3.8, 4) is 12.0 Å². The average molecular weight is 279 g/mol. The van der Waals surface area contributed by atoms with Gasteiger partial charge in [0.2, 0.25) is 5.95 Å². The van der Waals surface area contributed by atoms with Gasteiger partial charge >= 0.3 is 12.0 Å². The van der Waals surface area contributed by atoms with E-state index in [2.05, 4.69) is 35.1 Å². The van der Waals surface area contributed by atoms with Crippen molar-refractivity contribution in [2.24, 2.45) is 0 Å². The van der Waals surface area contributed by atoms with Crippen LogP contribution >= 0.6 is 0 Å². The Bertz CT molecular complexity index is 613. The van der Waals surface area contributed by atoms with Crippen molar-refractivity contribution in [1.82, 2.24) is 29.7 Å². The van der Waals surface area contributed by atoms with E-state index >= 15 is 0 Å². The molecule has 0 aliphatic rings. The quantitative estimate of drug-likeness (QED) is 0.734. The average Bonchev–Trinajstić information content (AvgIpc) is 2.96. The first kappa shape index (κ1) is 13.6. The van der Waals surface area contributed by atoms with Gasteiger partial charge in [0.05, 0.1) is 13.7 Å². The number of carbonyl (C=O) groups excluding carboxylic acids is 1. The second-order valence-electron chi connectivity index (χ2n) is 3.43. The van der Waals surface area contributed by atoms with E-state index in [1.165, 1.54) is 18.1 Å². The highest BCUT2D eigenvalue weighted by Crippen LogP contribution is 2.10. The SMILES string of the molecule is CCOc1nc(NC)nc(-n2cnc(C(=O)OC)n2)n1. The number of nitrogens with zero attached hydrogens (tertiary/aromatic N) is 6. The molecule has 2 aromatic rings. The normalized spacial score (nSPS) is 10.2. The molecular weight excluding hydrogens is 266 g/mol. The second-order valence-corrected chi connectivity index (χ2v) is 3.43. The first-order chi connectivity index (χ1) is 9.67. The standard InChI is InChI=1S/C10H13N7O3/c1-4-20-10-14-8(11-2)13-9(15-10)17-5-12-6(16-17)7(18)19-3/h5H,4H2,1-3H3,(H,11,13,14,15). The maximum absolute atomic E-state index is 11.3. The molecule has 0 bridgehead atoms. The van der Waals surface area contributed by atoms with Crippen molar-refractivity contribution in [3.05, 3.63) is 12.2 Å². The van der Waals surface area contributed by atoms with Crippen molar-refractivity contribution in [2.45, 2.75) is 6.92 Å². The van der Waals surface area contributed by atoms with E-state index in [4.69, 9.17) is 4.74 Å². The Morgan fingerprint density at radius 2 is 2.20 bits per heavy atom. The zero-order chi connectivity index (χ0) is 14.5. The van der Waals surface area contributed by atoms with Crippen LogP contribution in [0.2, 0.25) is 0 Å². The Labute approximate surface area is 114 Å². The number of carbonyl (C=O) groups is 1. The lowest BCUT2D eigenvalue weighted by molar-refractivity contribution is 0.0587. The lowest BCUT2D eigenvalue weighted by atomic mass is 10.6. The Morgan fingerprint density at radius 3 is 2.85 bits per heavy atom. The van der Waals surface area contributed by atoms with Crippen LogP contribution in [0.5, 0.6) is 6.01 Å². The molecule has 0 aliphatic heterocycles. The molecule has 0 saturated carbocycles. The van der Waals surface area contributed by atoms with Gasteiger partial charge in [-0.1, -0.05) is 0 Å². The monoisotopic (exact) mass is 279 g/mol. The summed E-state index contributed by atoms with van der Waals surface area (Å²) in [5, 5.41) is 6.70. The molecule has 0 atom stereocenters. The van der Waals surface area contributed by atoms with Crippen LogP contribution in [0.1, 0.15) is 17.5 Å². The summed E-state index contributed by atoms with van der Waals surface area (Å²) in [5.41, 5.74) is 0. The molecule has 2 heterocycles. The van der Waals surface area contributed by atoms with Gasteiger partial charge in [0.25, 0.3) is 11.8 Å². The van der Waals surface area contributed by atoms with E-state index < -0.39 is 5.97 Å². The molecule has 0 radical (unpaired) electrons. The summed E-state index contributed by atoms with van der Waals surface area (Å²) < 4.78 is 11.0. The van der Waals surface area contributed by atoms with E-state index in [9.17, 15) is 4.79 Å². The molecule has 10 heteroatoms. The predicted molar refractivity (Wildman–Crippen MR) is 66.8 cm³/mol. The lowest BCUT2D eigenvalue weighted by Gasteiger charge is -2.05. The summed E-state index contributed by atoms with van der Waals surface area (Å²) in [6.07, 6.45) is 1.30. The zero-order valence-electron chi connectivity index (χ0n) is 11.2. The summed E-state index contributed by atoms with van der Waals surface area (Å²) in [6.45, 7) is 2.23. The molecule has 106 valence electrons. The highest BCUT2D eigenvalue weighted by Gasteiger charge is 2.15. The van der Waals surface area contributed by atoms with Crippen LogP contribution in [0.15, 0.2) is 6.33 Å². The minimum atomic E-state index is -0.642. The Balaban J connectivity index is 2.38. The summed E-state index contributed by atoms with van der Waals surface area (Å²) in [4.78, 5) is 27.3. The molecule has 0 spiro atoms. The number of aromatic nitrogens is 6. The highest BCUT2D eigenvalue weighted by atomic mass is 16.5. The van der Waals surface area contributed by atoms with Crippen molar-refractivity contribution < 1.29 is 14.3 Å². The zero-order valence-corrected chi connectivity index (χ0v) is 11.2. The van der Waals surface area contributed by atoms with Gasteiger partial charge in [-0.2, -0.15) is 19.6 Å². The Morgan fingerprint density at radius 1 is 1.40 bits per heavy atom. The summed E-state index contributed by atoms with van der Waals surface area (Å²) in [5.74, 6) is -0.238. The van der Waals surface area contributed by atoms with E-state index in [0.29, 0.717) is 12.6 Å². The van der Waals surface area contributed by atoms with Gasteiger partial charge in [-0.15, -0.1) is 5.10 Å². The molecule has 2 rings (SSSR count). The summed E-state index contributed by atoms with van der Waals surface area (Å²) >= 11 is 0. The summed E-state index contributed by atoms with van der Waals surface area (Å²) in [6, 6.07) is 0.150. The third-order valence-electron chi connectivity index (χ3n) is 2.16. The number of hydrogen-bond acceptors (Lipinski definition) is 9. The Kier molecular flexibility index (Phi) is 4.03. The molecular formula is C10H13N7O3. The third-order valence-corrected chi connectivity index (χ3v) is 2.16. The molecule has 0 fully saturated rings. The van der Waals surface area contributed by atoms with Crippen molar-refractivity contribution >= 4 is 11.9 Å². The largest absolute Gasteiger partial charge is 0.464 e. The lowest BCUT2D eigenvalue weighted by Crippen LogP contribution is -2.10. The Hall–Kier alpha value is -2.78. The van der Waals surface area contributed by atoms with Crippen molar-refractivity contribution in [2.75, 3.05) is 26.1 Å². The smallest absolute Gasteiger partial charge is 0.377 e. The molecule has 0 amide bonds.